The van der Waals surface area contributed by atoms with Gasteiger partial charge in [0.1, 0.15) is 4.21 Å². The summed E-state index contributed by atoms with van der Waals surface area (Å²) in [7, 11) is -3.64. The van der Waals surface area contributed by atoms with Crippen LogP contribution in [0.1, 0.15) is 6.42 Å². The zero-order valence-corrected chi connectivity index (χ0v) is 13.4. The molecule has 1 aromatic heterocycles. The van der Waals surface area contributed by atoms with E-state index in [4.69, 9.17) is 4.74 Å². The summed E-state index contributed by atoms with van der Waals surface area (Å²) in [6.07, 6.45) is 0.374. The van der Waals surface area contributed by atoms with E-state index in [9.17, 15) is 18.0 Å². The topological polar surface area (TPSA) is 105 Å². The molecular weight excluding hydrogens is 330 g/mol. The molecule has 1 saturated heterocycles. The number of nitrogens with zero attached hydrogens (tertiary/aromatic N) is 1. The number of rotatable bonds is 7. The van der Waals surface area contributed by atoms with Crippen LogP contribution in [-0.2, 0) is 19.6 Å². The van der Waals surface area contributed by atoms with E-state index >= 15 is 0 Å². The summed E-state index contributed by atoms with van der Waals surface area (Å²) in [4.78, 5) is 24.5. The van der Waals surface area contributed by atoms with Crippen LogP contribution in [0, 0.1) is 0 Å². The van der Waals surface area contributed by atoms with Gasteiger partial charge in [0.05, 0.1) is 13.2 Å². The summed E-state index contributed by atoms with van der Waals surface area (Å²) < 4.78 is 30.9. The van der Waals surface area contributed by atoms with Gasteiger partial charge in [-0.15, -0.1) is 11.3 Å². The van der Waals surface area contributed by atoms with Crippen molar-refractivity contribution < 1.29 is 22.7 Å². The molecule has 0 aliphatic carbocycles. The molecule has 2 heterocycles. The van der Waals surface area contributed by atoms with E-state index in [-0.39, 0.29) is 23.4 Å². The molecule has 0 radical (unpaired) electrons. The number of sulfonamides is 1. The molecule has 1 aliphatic rings. The largest absolute Gasteiger partial charge is 0.449 e. The molecule has 1 fully saturated rings. The fraction of sp³-hybridized carbons (Fsp3) is 0.500. The average Bonchev–Trinajstić information content (AvgIpc) is 3.02. The Kier molecular flexibility index (Phi) is 5.75. The van der Waals surface area contributed by atoms with Gasteiger partial charge in [0, 0.05) is 19.6 Å². The molecule has 0 bridgehead atoms. The average molecular weight is 347 g/mol. The Morgan fingerprint density at radius 1 is 1.45 bits per heavy atom. The number of carbonyl (C=O) groups excluding carboxylic acids is 2. The summed E-state index contributed by atoms with van der Waals surface area (Å²) in [6.45, 7) is 1.26. The lowest BCUT2D eigenvalue weighted by Crippen LogP contribution is -2.44. The van der Waals surface area contributed by atoms with Crippen molar-refractivity contribution in [2.24, 2.45) is 0 Å². The highest BCUT2D eigenvalue weighted by atomic mass is 32.2. The van der Waals surface area contributed by atoms with E-state index in [0.717, 1.165) is 17.8 Å². The van der Waals surface area contributed by atoms with Crippen molar-refractivity contribution in [3.63, 3.8) is 0 Å². The third-order valence-corrected chi connectivity index (χ3v) is 5.74. The number of nitrogens with one attached hydrogen (secondary N) is 2. The maximum Gasteiger partial charge on any atom is 0.409 e. The van der Waals surface area contributed by atoms with Crippen molar-refractivity contribution in [2.45, 2.75) is 10.6 Å². The number of thiophene rings is 1. The van der Waals surface area contributed by atoms with Crippen LogP contribution in [-0.4, -0.2) is 58.1 Å². The minimum absolute atomic E-state index is 0.163. The number of amides is 2. The van der Waals surface area contributed by atoms with Crippen LogP contribution < -0.4 is 10.0 Å². The zero-order chi connectivity index (χ0) is 16.0. The predicted molar refractivity (Wildman–Crippen MR) is 80.1 cm³/mol. The van der Waals surface area contributed by atoms with Gasteiger partial charge in [-0.1, -0.05) is 6.07 Å². The lowest BCUT2D eigenvalue weighted by atomic mass is 10.3. The third kappa shape index (κ3) is 4.68. The summed E-state index contributed by atoms with van der Waals surface area (Å²) in [5.74, 6) is -0.453. The zero-order valence-electron chi connectivity index (χ0n) is 11.8. The smallest absolute Gasteiger partial charge is 0.409 e. The molecular formula is C12H17N3O5S2. The molecule has 1 aliphatic heterocycles. The van der Waals surface area contributed by atoms with Crippen molar-refractivity contribution in [1.82, 2.24) is 14.9 Å². The fourth-order valence-electron chi connectivity index (χ4n) is 1.84. The maximum absolute atomic E-state index is 11.8. The molecule has 22 heavy (non-hydrogen) atoms. The number of hydrogen-bond acceptors (Lipinski definition) is 6. The molecule has 122 valence electrons. The first-order valence-corrected chi connectivity index (χ1v) is 9.07. The Hall–Kier alpha value is -1.65. The van der Waals surface area contributed by atoms with E-state index in [2.05, 4.69) is 10.0 Å². The Labute approximate surface area is 132 Å². The van der Waals surface area contributed by atoms with Gasteiger partial charge in [0.2, 0.25) is 5.91 Å². The Morgan fingerprint density at radius 2 is 2.27 bits per heavy atom. The summed E-state index contributed by atoms with van der Waals surface area (Å²) >= 11 is 1.08. The van der Waals surface area contributed by atoms with Gasteiger partial charge in [-0.2, -0.15) is 0 Å². The maximum atomic E-state index is 11.8. The molecule has 0 saturated carbocycles. The van der Waals surface area contributed by atoms with Crippen molar-refractivity contribution in [3.8, 4) is 0 Å². The van der Waals surface area contributed by atoms with E-state index in [1.54, 1.807) is 11.4 Å². The molecule has 1 aromatic rings. The fourth-order valence-corrected chi connectivity index (χ4v) is 3.86. The van der Waals surface area contributed by atoms with Gasteiger partial charge < -0.3 is 15.0 Å². The van der Waals surface area contributed by atoms with Crippen molar-refractivity contribution in [3.05, 3.63) is 17.5 Å². The molecule has 2 rings (SSSR count). The standard InChI is InChI=1S/C12H17N3O5S2/c16-10(9-14-22(18,19)11-3-1-8-21-11)13-4-6-15-5-2-7-20-12(15)17/h1,3,8,14H,2,4-7,9H2,(H,13,16). The van der Waals surface area contributed by atoms with Crippen LogP contribution in [0.4, 0.5) is 4.79 Å². The van der Waals surface area contributed by atoms with Gasteiger partial charge >= 0.3 is 6.09 Å². The van der Waals surface area contributed by atoms with Gasteiger partial charge in [-0.25, -0.2) is 17.9 Å². The first-order valence-electron chi connectivity index (χ1n) is 6.70. The van der Waals surface area contributed by atoms with E-state index in [1.165, 1.54) is 11.0 Å². The lowest BCUT2D eigenvalue weighted by molar-refractivity contribution is -0.120. The summed E-state index contributed by atoms with van der Waals surface area (Å²) in [5.41, 5.74) is 0. The second-order valence-electron chi connectivity index (χ2n) is 4.56. The van der Waals surface area contributed by atoms with Crippen LogP contribution in [0.25, 0.3) is 0 Å². The van der Waals surface area contributed by atoms with E-state index in [0.29, 0.717) is 19.7 Å². The highest BCUT2D eigenvalue weighted by Crippen LogP contribution is 2.14. The lowest BCUT2D eigenvalue weighted by Gasteiger charge is -2.26. The van der Waals surface area contributed by atoms with E-state index in [1.807, 2.05) is 0 Å². The molecule has 2 N–H and O–H groups in total. The second kappa shape index (κ2) is 7.56. The number of ether oxygens (including phenoxy) is 1. The molecule has 0 aromatic carbocycles. The first-order chi connectivity index (χ1) is 10.5. The van der Waals surface area contributed by atoms with Crippen LogP contribution in [0.2, 0.25) is 0 Å². The molecule has 10 heteroatoms. The number of hydrogen-bond donors (Lipinski definition) is 2. The van der Waals surface area contributed by atoms with Crippen LogP contribution in [0.5, 0.6) is 0 Å². The van der Waals surface area contributed by atoms with Crippen molar-refractivity contribution >= 4 is 33.4 Å². The third-order valence-electron chi connectivity index (χ3n) is 2.94. The normalized spacial score (nSPS) is 15.5. The second-order valence-corrected chi connectivity index (χ2v) is 7.50. The van der Waals surface area contributed by atoms with Gasteiger partial charge in [0.25, 0.3) is 10.0 Å². The SMILES string of the molecule is O=C(CNS(=O)(=O)c1cccs1)NCCN1CCCOC1=O. The van der Waals surface area contributed by atoms with Crippen molar-refractivity contribution in [1.29, 1.82) is 0 Å². The molecule has 0 spiro atoms. The summed E-state index contributed by atoms with van der Waals surface area (Å²) in [5, 5.41) is 4.20. The highest BCUT2D eigenvalue weighted by Gasteiger charge is 2.19. The molecule has 2 amide bonds. The molecule has 0 unspecified atom stereocenters. The van der Waals surface area contributed by atoms with Gasteiger partial charge in [0.15, 0.2) is 0 Å². The number of carbonyl (C=O) groups is 2. The van der Waals surface area contributed by atoms with Crippen LogP contribution in [0.3, 0.4) is 0 Å². The predicted octanol–water partition coefficient (Wildman–Crippen LogP) is -0.0151. The quantitative estimate of drug-likeness (QED) is 0.721. The van der Waals surface area contributed by atoms with E-state index < -0.39 is 15.9 Å². The molecule has 0 atom stereocenters. The highest BCUT2D eigenvalue weighted by molar-refractivity contribution is 7.91. The number of cyclic esters (lactones) is 1. The summed E-state index contributed by atoms with van der Waals surface area (Å²) in [6, 6.07) is 3.09. The van der Waals surface area contributed by atoms with Crippen LogP contribution in [0.15, 0.2) is 21.7 Å². The van der Waals surface area contributed by atoms with Crippen molar-refractivity contribution in [2.75, 3.05) is 32.8 Å². The van der Waals surface area contributed by atoms with Gasteiger partial charge in [-0.05, 0) is 17.9 Å². The Bertz CT molecular complexity index is 615. The van der Waals surface area contributed by atoms with Crippen LogP contribution >= 0.6 is 11.3 Å². The molecule has 8 nitrogen and oxygen atoms in total. The minimum atomic E-state index is -3.64. The van der Waals surface area contributed by atoms with Gasteiger partial charge in [-0.3, -0.25) is 4.79 Å². The first kappa shape index (κ1) is 16.7. The minimum Gasteiger partial charge on any atom is -0.449 e. The Balaban J connectivity index is 1.69. The monoisotopic (exact) mass is 347 g/mol. The Morgan fingerprint density at radius 3 is 2.95 bits per heavy atom.